The number of rotatable bonds is 12. The Labute approximate surface area is 367 Å². The van der Waals surface area contributed by atoms with E-state index in [0.29, 0.717) is 43.6 Å². The summed E-state index contributed by atoms with van der Waals surface area (Å²) in [6, 6.07) is 3.19. The largest absolute Gasteiger partial charge is 0.508 e. The molecule has 0 aromatic heterocycles. The molecule has 1 unspecified atom stereocenters. The normalized spacial score (nSPS) is 28.0. The maximum atomic E-state index is 14.4. The second-order valence-corrected chi connectivity index (χ2v) is 17.8. The lowest BCUT2D eigenvalue weighted by Gasteiger charge is -2.36. The van der Waals surface area contributed by atoms with Gasteiger partial charge in [-0.2, -0.15) is 0 Å². The average molecular weight is 859 g/mol. The third-order valence-electron chi connectivity index (χ3n) is 12.3. The number of ether oxygens (including phenoxy) is 1. The van der Waals surface area contributed by atoms with Gasteiger partial charge < -0.3 is 30.4 Å². The van der Waals surface area contributed by atoms with Gasteiger partial charge in [0, 0.05) is 32.2 Å². The number of phenols is 1. The minimum Gasteiger partial charge on any atom is -0.508 e. The van der Waals surface area contributed by atoms with Crippen LogP contribution in [0.15, 0.2) is 72.4 Å². The van der Waals surface area contributed by atoms with Crippen molar-refractivity contribution in [2.24, 2.45) is 23.7 Å². The molecular weight excluding hydrogens is 789 g/mol. The van der Waals surface area contributed by atoms with Crippen molar-refractivity contribution in [3.63, 3.8) is 0 Å². The monoisotopic (exact) mass is 859 g/mol. The van der Waals surface area contributed by atoms with E-state index in [1.54, 1.807) is 44.2 Å². The predicted molar refractivity (Wildman–Crippen MR) is 238 cm³/mol. The zero-order valence-electron chi connectivity index (χ0n) is 37.4. The van der Waals surface area contributed by atoms with Gasteiger partial charge in [-0.25, -0.2) is 5.43 Å². The van der Waals surface area contributed by atoms with Crippen LogP contribution < -0.4 is 16.1 Å². The minimum atomic E-state index is -1.17. The van der Waals surface area contributed by atoms with Gasteiger partial charge in [0.2, 0.25) is 11.8 Å². The summed E-state index contributed by atoms with van der Waals surface area (Å²) >= 11 is 0. The highest BCUT2D eigenvalue weighted by Crippen LogP contribution is 2.28. The van der Waals surface area contributed by atoms with Crippen LogP contribution >= 0.6 is 0 Å². The van der Waals surface area contributed by atoms with Gasteiger partial charge in [-0.05, 0) is 93.1 Å². The summed E-state index contributed by atoms with van der Waals surface area (Å²) in [6.45, 7) is 8.82. The van der Waals surface area contributed by atoms with Crippen LogP contribution in [-0.2, 0) is 39.9 Å². The quantitative estimate of drug-likeness (QED) is 0.0908. The molecule has 4 rings (SSSR count). The number of aliphatic hydroxyl groups is 1. The van der Waals surface area contributed by atoms with E-state index in [4.69, 9.17) is 4.74 Å². The summed E-state index contributed by atoms with van der Waals surface area (Å²) in [4.78, 5) is 81.1. The van der Waals surface area contributed by atoms with Crippen LogP contribution in [-0.4, -0.2) is 87.4 Å². The first-order valence-corrected chi connectivity index (χ1v) is 22.7. The average Bonchev–Trinajstić information content (AvgIpc) is 3.24. The van der Waals surface area contributed by atoms with Crippen molar-refractivity contribution in [2.45, 2.75) is 155 Å². The van der Waals surface area contributed by atoms with Crippen molar-refractivity contribution >= 4 is 35.3 Å². The molecule has 1 saturated heterocycles. The van der Waals surface area contributed by atoms with Crippen molar-refractivity contribution in [3.05, 3.63) is 77.9 Å². The fraction of sp³-hybridized carbons (Fsp3) is 0.592. The molecule has 1 saturated carbocycles. The molecule has 2 heterocycles. The summed E-state index contributed by atoms with van der Waals surface area (Å²) in [5.41, 5.74) is 4.34. The van der Waals surface area contributed by atoms with E-state index in [9.17, 15) is 39.0 Å². The lowest BCUT2D eigenvalue weighted by Crippen LogP contribution is -2.62. The smallest absolute Gasteiger partial charge is 0.325 e. The number of carbonyl (C=O) groups is 6. The number of aromatic hydroxyl groups is 1. The number of fused-ring (bicyclic) bond motifs is 2. The van der Waals surface area contributed by atoms with Gasteiger partial charge in [0.15, 0.2) is 5.78 Å². The van der Waals surface area contributed by atoms with Crippen LogP contribution in [0.3, 0.4) is 0 Å². The molecule has 0 spiro atoms. The van der Waals surface area contributed by atoms with Gasteiger partial charge in [0.25, 0.3) is 5.91 Å². The number of hydrogen-bond acceptors (Lipinski definition) is 10. The number of nitrogens with one attached hydrogen (secondary N) is 3. The van der Waals surface area contributed by atoms with Crippen LogP contribution in [0.1, 0.15) is 124 Å². The molecule has 0 radical (unpaired) electrons. The number of benzene rings is 1. The second kappa shape index (κ2) is 25.3. The lowest BCUT2D eigenvalue weighted by atomic mass is 9.85. The number of phenolic OH excluding ortho intramolecular Hbond substituents is 1. The van der Waals surface area contributed by atoms with E-state index in [0.717, 1.165) is 12.0 Å². The zero-order chi connectivity index (χ0) is 45.2. The third kappa shape index (κ3) is 16.1. The summed E-state index contributed by atoms with van der Waals surface area (Å²) in [7, 11) is 0. The van der Waals surface area contributed by atoms with E-state index in [1.165, 1.54) is 56.2 Å². The molecule has 1 aliphatic carbocycles. The highest BCUT2D eigenvalue weighted by molar-refractivity contribution is 5.93. The standard InChI is InChI=1S/C49H70N4O9/c1-32(2)44-47(59)50-42(31-37-20-14-22-39(56)30-37)48(60)53-29-15-23-41(52-53)49(61)62-43(33(3)17-13-21-38(55)27-26-36-18-10-8-11-19-36)24-12-7-6-9-16-34(4)45(57)40(46(58)51-44)28-25-35(5)54/h6-7,9,12-14,17,20-22,30,32,34,36,40-45,52,56-57H,8,10-11,15-16,18-19,23-29,31H2,1-5H3,(H,50,59)(H,51,58)/b9-6+,12-7+,21-13+,33-17+/t34-,40+,41?,42-,43-,44-,45+/m0/s1. The van der Waals surface area contributed by atoms with Crippen molar-refractivity contribution in [2.75, 3.05) is 6.54 Å². The van der Waals surface area contributed by atoms with E-state index in [2.05, 4.69) is 16.1 Å². The van der Waals surface area contributed by atoms with Gasteiger partial charge in [0.1, 0.15) is 35.8 Å². The number of Topliss-reactive ketones (excluding diaryl/α,β-unsaturated/α-hetero) is 1. The molecule has 13 nitrogen and oxygen atoms in total. The molecule has 340 valence electrons. The Balaban J connectivity index is 1.64. The minimum absolute atomic E-state index is 0.00892. The molecule has 5 N–H and O–H groups in total. The Morgan fingerprint density at radius 1 is 0.919 bits per heavy atom. The first-order chi connectivity index (χ1) is 29.6. The topological polar surface area (TPSA) is 191 Å². The fourth-order valence-corrected chi connectivity index (χ4v) is 8.35. The number of esters is 1. The Bertz CT molecular complexity index is 1810. The van der Waals surface area contributed by atoms with Gasteiger partial charge in [0.05, 0.1) is 12.0 Å². The number of carbonyl (C=O) groups excluding carboxylic acids is 6. The number of amides is 3. The summed E-state index contributed by atoms with van der Waals surface area (Å²) in [5, 5.41) is 28.7. The third-order valence-corrected chi connectivity index (χ3v) is 12.3. The molecular formula is C49H70N4O9. The molecule has 2 bridgehead atoms. The highest BCUT2D eigenvalue weighted by Gasteiger charge is 2.38. The molecule has 2 fully saturated rings. The van der Waals surface area contributed by atoms with Gasteiger partial charge >= 0.3 is 5.97 Å². The van der Waals surface area contributed by atoms with E-state index in [1.807, 2.05) is 38.2 Å². The van der Waals surface area contributed by atoms with Crippen molar-refractivity contribution in [1.29, 1.82) is 0 Å². The van der Waals surface area contributed by atoms with Gasteiger partial charge in [-0.15, -0.1) is 0 Å². The summed E-state index contributed by atoms with van der Waals surface area (Å²) < 4.78 is 6.12. The Morgan fingerprint density at radius 2 is 1.65 bits per heavy atom. The Kier molecular flexibility index (Phi) is 20.3. The number of ketones is 2. The Morgan fingerprint density at radius 3 is 2.34 bits per heavy atom. The lowest BCUT2D eigenvalue weighted by molar-refractivity contribution is -0.156. The molecule has 13 heteroatoms. The van der Waals surface area contributed by atoms with E-state index in [-0.39, 0.29) is 43.1 Å². The molecule has 3 aliphatic rings. The summed E-state index contributed by atoms with van der Waals surface area (Å²) in [6.07, 6.45) is 19.9. The van der Waals surface area contributed by atoms with Crippen LogP contribution in [0, 0.1) is 23.7 Å². The predicted octanol–water partition coefficient (Wildman–Crippen LogP) is 6.29. The zero-order valence-corrected chi connectivity index (χ0v) is 37.4. The number of allylic oxidation sites excluding steroid dienone is 6. The van der Waals surface area contributed by atoms with Gasteiger partial charge in [-0.1, -0.05) is 101 Å². The number of hydrazine groups is 1. The SMILES string of the molecule is CC(=O)CC[C@H]1C(=O)N[C@@H](C(C)C)C(=O)N[C@@H](Cc2cccc(O)c2)C(=O)N2CCCC(N2)C(=O)O[C@H](/C(C)=C/C=C/C(=O)CCC2CCCCC2)C/C=C/C=C/C[C@H](C)[C@H]1O. The summed E-state index contributed by atoms with van der Waals surface area (Å²) in [5.74, 6) is -3.59. The molecule has 1 aromatic rings. The number of nitrogens with zero attached hydrogens (tertiary/aromatic N) is 1. The van der Waals surface area contributed by atoms with Gasteiger partial charge in [-0.3, -0.25) is 29.0 Å². The maximum absolute atomic E-state index is 14.4. The number of aliphatic hydroxyl groups excluding tert-OH is 1. The first-order valence-electron chi connectivity index (χ1n) is 22.7. The number of cyclic esters (lactones) is 1. The molecule has 7 atom stereocenters. The van der Waals surface area contributed by atoms with Crippen LogP contribution in [0.2, 0.25) is 0 Å². The fourth-order valence-electron chi connectivity index (χ4n) is 8.35. The van der Waals surface area contributed by atoms with Crippen molar-refractivity contribution in [3.8, 4) is 5.75 Å². The van der Waals surface area contributed by atoms with Crippen molar-refractivity contribution < 1.29 is 43.7 Å². The number of hydrogen-bond donors (Lipinski definition) is 5. The second-order valence-electron chi connectivity index (χ2n) is 17.8. The molecule has 62 heavy (non-hydrogen) atoms. The van der Waals surface area contributed by atoms with Crippen LogP contribution in [0.4, 0.5) is 0 Å². The molecule has 1 aromatic carbocycles. The highest BCUT2D eigenvalue weighted by atomic mass is 16.5. The Hall–Kier alpha value is -4.88. The van der Waals surface area contributed by atoms with Crippen LogP contribution in [0.25, 0.3) is 0 Å². The van der Waals surface area contributed by atoms with E-state index < -0.39 is 71.8 Å². The van der Waals surface area contributed by atoms with Crippen molar-refractivity contribution in [1.82, 2.24) is 21.1 Å². The maximum Gasteiger partial charge on any atom is 0.325 e. The van der Waals surface area contributed by atoms with Crippen LogP contribution in [0.5, 0.6) is 5.75 Å². The molecule has 2 aliphatic heterocycles. The first kappa shape index (κ1) is 49.8. The molecule has 3 amide bonds. The van der Waals surface area contributed by atoms with E-state index >= 15 is 0 Å².